The molecule has 1 saturated heterocycles. The number of hydrogen-bond donors (Lipinski definition) is 2. The van der Waals surface area contributed by atoms with E-state index in [9.17, 15) is 4.79 Å². The van der Waals surface area contributed by atoms with Gasteiger partial charge in [0.1, 0.15) is 0 Å². The van der Waals surface area contributed by atoms with Crippen molar-refractivity contribution in [3.63, 3.8) is 0 Å². The van der Waals surface area contributed by atoms with Crippen LogP contribution < -0.4 is 11.1 Å². The average molecular weight is 408 g/mol. The Hall–Kier alpha value is -2.17. The first-order valence-corrected chi connectivity index (χ1v) is 11.6. The number of nitrogens with zero attached hydrogens (tertiary/aromatic N) is 1. The zero-order chi connectivity index (χ0) is 21.0. The lowest BCUT2D eigenvalue weighted by molar-refractivity contribution is -0.139. The second kappa shape index (κ2) is 12.5. The highest BCUT2D eigenvalue weighted by atomic mass is 16.2. The number of aryl methyl sites for hydroxylation is 2. The lowest BCUT2D eigenvalue weighted by Gasteiger charge is -2.36. The summed E-state index contributed by atoms with van der Waals surface area (Å²) in [7, 11) is 0. The molecule has 1 heterocycles. The maximum absolute atomic E-state index is 13.5. The van der Waals surface area contributed by atoms with Crippen LogP contribution in [0.1, 0.15) is 49.7 Å². The van der Waals surface area contributed by atoms with Crippen LogP contribution in [0, 0.1) is 5.92 Å². The van der Waals surface area contributed by atoms with E-state index in [0.717, 1.165) is 64.5 Å². The van der Waals surface area contributed by atoms with E-state index in [2.05, 4.69) is 66.0 Å². The number of carbonyl (C=O) groups excluding carboxylic acids is 1. The Morgan fingerprint density at radius 1 is 0.900 bits per heavy atom. The van der Waals surface area contributed by atoms with Crippen LogP contribution in [0.25, 0.3) is 0 Å². The Balaban J connectivity index is 1.59. The fourth-order valence-electron chi connectivity index (χ4n) is 4.56. The molecule has 1 fully saturated rings. The molecule has 30 heavy (non-hydrogen) atoms. The largest absolute Gasteiger partial charge is 0.327 e. The number of hydrogen-bond acceptors (Lipinski definition) is 3. The van der Waals surface area contributed by atoms with Crippen molar-refractivity contribution in [1.29, 1.82) is 0 Å². The van der Waals surface area contributed by atoms with Crippen molar-refractivity contribution in [2.24, 2.45) is 11.7 Å². The van der Waals surface area contributed by atoms with Gasteiger partial charge in [-0.15, -0.1) is 0 Å². The van der Waals surface area contributed by atoms with Crippen LogP contribution >= 0.6 is 0 Å². The summed E-state index contributed by atoms with van der Waals surface area (Å²) in [6.45, 7) is 2.28. The van der Waals surface area contributed by atoms with Crippen molar-refractivity contribution in [1.82, 2.24) is 10.2 Å². The predicted molar refractivity (Wildman–Crippen MR) is 124 cm³/mol. The van der Waals surface area contributed by atoms with Crippen LogP contribution in [0.3, 0.4) is 0 Å². The topological polar surface area (TPSA) is 58.4 Å². The zero-order valence-electron chi connectivity index (χ0n) is 18.1. The van der Waals surface area contributed by atoms with Gasteiger partial charge in [0.05, 0.1) is 6.67 Å². The molecule has 0 unspecified atom stereocenters. The smallest absolute Gasteiger partial charge is 0.226 e. The van der Waals surface area contributed by atoms with Crippen molar-refractivity contribution in [3.8, 4) is 0 Å². The van der Waals surface area contributed by atoms with Crippen LogP contribution in [0.4, 0.5) is 0 Å². The zero-order valence-corrected chi connectivity index (χ0v) is 18.1. The molecule has 1 aliphatic rings. The van der Waals surface area contributed by atoms with Crippen molar-refractivity contribution >= 4 is 5.91 Å². The molecule has 0 spiro atoms. The van der Waals surface area contributed by atoms with Crippen molar-refractivity contribution in [2.75, 3.05) is 19.8 Å². The van der Waals surface area contributed by atoms with Gasteiger partial charge in [-0.3, -0.25) is 4.79 Å². The molecule has 0 bridgehead atoms. The fourth-order valence-corrected chi connectivity index (χ4v) is 4.56. The molecule has 3 N–H and O–H groups in total. The Morgan fingerprint density at radius 2 is 1.40 bits per heavy atom. The van der Waals surface area contributed by atoms with E-state index >= 15 is 0 Å². The van der Waals surface area contributed by atoms with Gasteiger partial charge in [0.15, 0.2) is 0 Å². The average Bonchev–Trinajstić information content (AvgIpc) is 2.80. The van der Waals surface area contributed by atoms with Gasteiger partial charge in [-0.1, -0.05) is 60.7 Å². The SMILES string of the molecule is NCN(C(=O)C(CCCc1ccccc1)CCCc1ccccc1)C1CCNCC1. The Morgan fingerprint density at radius 3 is 1.87 bits per heavy atom. The minimum absolute atomic E-state index is 0.0656. The maximum Gasteiger partial charge on any atom is 0.226 e. The van der Waals surface area contributed by atoms with Crippen LogP contribution in [-0.2, 0) is 17.6 Å². The van der Waals surface area contributed by atoms with Gasteiger partial charge >= 0.3 is 0 Å². The van der Waals surface area contributed by atoms with Gasteiger partial charge in [-0.05, 0) is 75.6 Å². The number of piperidine rings is 1. The highest BCUT2D eigenvalue weighted by Gasteiger charge is 2.29. The van der Waals surface area contributed by atoms with Crippen molar-refractivity contribution in [2.45, 2.75) is 57.4 Å². The Bertz CT molecular complexity index is 683. The van der Waals surface area contributed by atoms with Crippen LogP contribution in [-0.4, -0.2) is 36.6 Å². The molecule has 2 aromatic rings. The first-order valence-electron chi connectivity index (χ1n) is 11.6. The third kappa shape index (κ3) is 6.96. The summed E-state index contributed by atoms with van der Waals surface area (Å²) in [6, 6.07) is 21.4. The van der Waals surface area contributed by atoms with Crippen molar-refractivity contribution in [3.05, 3.63) is 71.8 Å². The fraction of sp³-hybridized carbons (Fsp3) is 0.500. The summed E-state index contributed by atoms with van der Waals surface area (Å²) < 4.78 is 0. The summed E-state index contributed by atoms with van der Waals surface area (Å²) in [5.41, 5.74) is 8.76. The van der Waals surface area contributed by atoms with E-state index in [0.29, 0.717) is 6.67 Å². The van der Waals surface area contributed by atoms with E-state index in [4.69, 9.17) is 5.73 Å². The minimum Gasteiger partial charge on any atom is -0.327 e. The molecule has 0 radical (unpaired) electrons. The number of nitrogens with one attached hydrogen (secondary N) is 1. The van der Waals surface area contributed by atoms with Crippen LogP contribution in [0.5, 0.6) is 0 Å². The van der Waals surface area contributed by atoms with Gasteiger partial charge in [-0.2, -0.15) is 0 Å². The lowest BCUT2D eigenvalue weighted by atomic mass is 9.91. The highest BCUT2D eigenvalue weighted by molar-refractivity contribution is 5.79. The molecule has 2 aromatic carbocycles. The van der Waals surface area contributed by atoms with Gasteiger partial charge < -0.3 is 16.0 Å². The lowest BCUT2D eigenvalue weighted by Crippen LogP contribution is -2.50. The third-order valence-corrected chi connectivity index (χ3v) is 6.30. The van der Waals surface area contributed by atoms with E-state index < -0.39 is 0 Å². The summed E-state index contributed by atoms with van der Waals surface area (Å²) in [5, 5.41) is 3.39. The number of rotatable bonds is 11. The van der Waals surface area contributed by atoms with Crippen molar-refractivity contribution < 1.29 is 4.79 Å². The predicted octanol–water partition coefficient (Wildman–Crippen LogP) is 4.15. The van der Waals surface area contributed by atoms with E-state index in [-0.39, 0.29) is 17.9 Å². The minimum atomic E-state index is 0.0656. The number of nitrogens with two attached hydrogens (primary N) is 1. The normalized spacial score (nSPS) is 14.7. The van der Waals surface area contributed by atoms with E-state index in [1.807, 2.05) is 4.90 Å². The molecule has 4 heteroatoms. The molecule has 4 nitrogen and oxygen atoms in total. The second-order valence-electron chi connectivity index (χ2n) is 8.42. The first kappa shape index (κ1) is 22.5. The van der Waals surface area contributed by atoms with Gasteiger partial charge in [-0.25, -0.2) is 0 Å². The summed E-state index contributed by atoms with van der Waals surface area (Å²) in [4.78, 5) is 15.5. The van der Waals surface area contributed by atoms with Crippen LogP contribution in [0.15, 0.2) is 60.7 Å². The summed E-state index contributed by atoms with van der Waals surface area (Å²) >= 11 is 0. The molecule has 0 atom stereocenters. The number of benzene rings is 2. The first-order chi connectivity index (χ1) is 14.8. The highest BCUT2D eigenvalue weighted by Crippen LogP contribution is 2.23. The Labute approximate surface area is 181 Å². The molecule has 3 rings (SSSR count). The van der Waals surface area contributed by atoms with Gasteiger partial charge in [0.2, 0.25) is 5.91 Å². The number of carbonyl (C=O) groups is 1. The quantitative estimate of drug-likeness (QED) is 0.550. The summed E-state index contributed by atoms with van der Waals surface area (Å²) in [5.74, 6) is 0.335. The van der Waals surface area contributed by atoms with Gasteiger partial charge in [0, 0.05) is 12.0 Å². The molecule has 1 aliphatic heterocycles. The van der Waals surface area contributed by atoms with E-state index in [1.54, 1.807) is 0 Å². The monoisotopic (exact) mass is 407 g/mol. The molecular formula is C26H37N3O. The standard InChI is InChI=1S/C26H37N3O/c27-21-29(25-17-19-28-20-18-25)26(30)24(15-7-13-22-9-3-1-4-10-22)16-8-14-23-11-5-2-6-12-23/h1-6,9-12,24-25,28H,7-8,13-21,27H2. The van der Waals surface area contributed by atoms with Crippen LogP contribution in [0.2, 0.25) is 0 Å². The van der Waals surface area contributed by atoms with E-state index in [1.165, 1.54) is 11.1 Å². The third-order valence-electron chi connectivity index (χ3n) is 6.30. The summed E-state index contributed by atoms with van der Waals surface area (Å²) in [6.07, 6.45) is 8.01. The maximum atomic E-state index is 13.5. The number of amides is 1. The second-order valence-corrected chi connectivity index (χ2v) is 8.42. The van der Waals surface area contributed by atoms with Gasteiger partial charge in [0.25, 0.3) is 0 Å². The molecule has 0 aromatic heterocycles. The Kier molecular flexibility index (Phi) is 9.39. The molecule has 0 saturated carbocycles. The molecule has 1 amide bonds. The molecular weight excluding hydrogens is 370 g/mol. The molecule has 162 valence electrons. The molecule has 0 aliphatic carbocycles.